The molecule has 0 bridgehead atoms. The maximum absolute atomic E-state index is 13.7. The molecule has 0 radical (unpaired) electrons. The minimum atomic E-state index is -0.482. The molecule has 2 N–H and O–H groups in total. The molecule has 1 heterocycles. The summed E-state index contributed by atoms with van der Waals surface area (Å²) in [4.78, 5) is 14.0. The number of nitrogens with two attached hydrogens (primary N) is 1. The number of nitrogens with zero attached hydrogens (tertiary/aromatic N) is 1. The van der Waals surface area contributed by atoms with E-state index in [-0.39, 0.29) is 11.5 Å². The molecule has 0 saturated carbocycles. The van der Waals surface area contributed by atoms with Crippen molar-refractivity contribution in [3.05, 3.63) is 65.0 Å². The Morgan fingerprint density at radius 1 is 1.15 bits per heavy atom. The lowest BCUT2D eigenvalue weighted by atomic mass is 9.97. The third-order valence-corrected chi connectivity index (χ3v) is 3.70. The van der Waals surface area contributed by atoms with Crippen LogP contribution in [0.3, 0.4) is 0 Å². The van der Waals surface area contributed by atoms with E-state index in [1.165, 1.54) is 17.7 Å². The molecular formula is C16H15FN2O. The minimum absolute atomic E-state index is 0.116. The molecule has 0 saturated heterocycles. The van der Waals surface area contributed by atoms with Crippen molar-refractivity contribution in [2.24, 2.45) is 0 Å². The second-order valence-electron chi connectivity index (χ2n) is 4.94. The molecule has 4 heteroatoms. The number of carbonyl (C=O) groups is 1. The van der Waals surface area contributed by atoms with E-state index < -0.39 is 5.82 Å². The number of benzene rings is 2. The highest BCUT2D eigenvalue weighted by molar-refractivity contribution is 5.94. The van der Waals surface area contributed by atoms with Crippen LogP contribution in [0.4, 0.5) is 10.1 Å². The van der Waals surface area contributed by atoms with Crippen molar-refractivity contribution >= 4 is 11.6 Å². The second kappa shape index (κ2) is 4.96. The molecule has 0 spiro atoms. The van der Waals surface area contributed by atoms with E-state index >= 15 is 0 Å². The van der Waals surface area contributed by atoms with Gasteiger partial charge in [-0.2, -0.15) is 0 Å². The van der Waals surface area contributed by atoms with E-state index in [1.54, 1.807) is 17.0 Å². The van der Waals surface area contributed by atoms with Crippen LogP contribution in [-0.2, 0) is 13.0 Å². The number of halogens is 1. The van der Waals surface area contributed by atoms with E-state index in [0.717, 1.165) is 12.0 Å². The molecule has 0 unspecified atom stereocenters. The van der Waals surface area contributed by atoms with Gasteiger partial charge in [0.25, 0.3) is 5.91 Å². The van der Waals surface area contributed by atoms with Gasteiger partial charge in [-0.1, -0.05) is 24.3 Å². The summed E-state index contributed by atoms with van der Waals surface area (Å²) in [5.41, 5.74) is 8.91. The largest absolute Gasteiger partial charge is 0.398 e. The maximum Gasteiger partial charge on any atom is 0.257 e. The summed E-state index contributed by atoms with van der Waals surface area (Å²) < 4.78 is 13.7. The molecule has 20 heavy (non-hydrogen) atoms. The fraction of sp³-hybridized carbons (Fsp3) is 0.188. The van der Waals surface area contributed by atoms with E-state index in [0.29, 0.717) is 18.8 Å². The molecule has 1 aliphatic rings. The van der Waals surface area contributed by atoms with Crippen LogP contribution in [0.5, 0.6) is 0 Å². The van der Waals surface area contributed by atoms with Gasteiger partial charge in [0.05, 0.1) is 5.56 Å². The molecule has 0 fully saturated rings. The quantitative estimate of drug-likeness (QED) is 0.810. The number of nitrogen functional groups attached to an aromatic ring is 1. The Bertz CT molecular complexity index is 669. The van der Waals surface area contributed by atoms with Crippen LogP contribution in [0.15, 0.2) is 42.5 Å². The van der Waals surface area contributed by atoms with Crippen LogP contribution in [0.2, 0.25) is 0 Å². The standard InChI is InChI=1S/C16H15FN2O/c17-14-6-2-1-5-12(14)16(20)19-9-8-11-4-3-7-15(18)13(11)10-19/h1-7H,8-10,18H2. The van der Waals surface area contributed by atoms with Crippen molar-refractivity contribution in [3.8, 4) is 0 Å². The lowest BCUT2D eigenvalue weighted by molar-refractivity contribution is 0.0730. The zero-order valence-electron chi connectivity index (χ0n) is 11.0. The normalized spacial score (nSPS) is 13.9. The predicted molar refractivity (Wildman–Crippen MR) is 75.7 cm³/mol. The van der Waals surface area contributed by atoms with Gasteiger partial charge in [-0.05, 0) is 35.7 Å². The van der Waals surface area contributed by atoms with Crippen molar-refractivity contribution in [2.45, 2.75) is 13.0 Å². The lowest BCUT2D eigenvalue weighted by Crippen LogP contribution is -2.36. The molecule has 1 aliphatic heterocycles. The van der Waals surface area contributed by atoms with Gasteiger partial charge in [-0.15, -0.1) is 0 Å². The number of rotatable bonds is 1. The van der Waals surface area contributed by atoms with Crippen molar-refractivity contribution in [1.29, 1.82) is 0 Å². The summed E-state index contributed by atoms with van der Waals surface area (Å²) in [6.07, 6.45) is 0.751. The van der Waals surface area contributed by atoms with Crippen LogP contribution in [0.1, 0.15) is 21.5 Å². The average molecular weight is 270 g/mol. The van der Waals surface area contributed by atoms with Gasteiger partial charge in [0.2, 0.25) is 0 Å². The van der Waals surface area contributed by atoms with Crippen molar-refractivity contribution in [2.75, 3.05) is 12.3 Å². The fourth-order valence-electron chi connectivity index (χ4n) is 2.59. The smallest absolute Gasteiger partial charge is 0.257 e. The molecule has 2 aromatic rings. The molecule has 102 valence electrons. The summed E-state index contributed by atoms with van der Waals surface area (Å²) in [6, 6.07) is 11.8. The van der Waals surface area contributed by atoms with Gasteiger partial charge in [0, 0.05) is 18.8 Å². The van der Waals surface area contributed by atoms with Crippen LogP contribution in [-0.4, -0.2) is 17.4 Å². The van der Waals surface area contributed by atoms with E-state index in [9.17, 15) is 9.18 Å². The van der Waals surface area contributed by atoms with Crippen LogP contribution < -0.4 is 5.73 Å². The Hall–Kier alpha value is -2.36. The van der Waals surface area contributed by atoms with Gasteiger partial charge in [0.15, 0.2) is 0 Å². The van der Waals surface area contributed by atoms with Crippen molar-refractivity contribution in [3.63, 3.8) is 0 Å². The summed E-state index contributed by atoms with van der Waals surface area (Å²) >= 11 is 0. The van der Waals surface area contributed by atoms with Gasteiger partial charge in [-0.25, -0.2) is 4.39 Å². The van der Waals surface area contributed by atoms with E-state index in [1.807, 2.05) is 18.2 Å². The number of amides is 1. The van der Waals surface area contributed by atoms with Gasteiger partial charge in [0.1, 0.15) is 5.82 Å². The predicted octanol–water partition coefficient (Wildman–Crippen LogP) is 2.61. The highest BCUT2D eigenvalue weighted by Gasteiger charge is 2.24. The first-order valence-electron chi connectivity index (χ1n) is 6.57. The molecule has 0 aromatic heterocycles. The number of anilines is 1. The SMILES string of the molecule is Nc1cccc2c1CN(C(=O)c1ccccc1F)CC2. The Balaban J connectivity index is 1.89. The average Bonchev–Trinajstić information content (AvgIpc) is 2.47. The van der Waals surface area contributed by atoms with Crippen LogP contribution in [0.25, 0.3) is 0 Å². The number of fused-ring (bicyclic) bond motifs is 1. The zero-order chi connectivity index (χ0) is 14.1. The second-order valence-corrected chi connectivity index (χ2v) is 4.94. The Morgan fingerprint density at radius 3 is 2.75 bits per heavy atom. The van der Waals surface area contributed by atoms with Gasteiger partial charge in [-0.3, -0.25) is 4.79 Å². The summed E-state index contributed by atoms with van der Waals surface area (Å²) in [5.74, 6) is -0.763. The summed E-state index contributed by atoms with van der Waals surface area (Å²) in [6.45, 7) is 1.03. The number of hydrogen-bond acceptors (Lipinski definition) is 2. The topological polar surface area (TPSA) is 46.3 Å². The highest BCUT2D eigenvalue weighted by atomic mass is 19.1. The van der Waals surface area contributed by atoms with E-state index in [4.69, 9.17) is 5.73 Å². The monoisotopic (exact) mass is 270 g/mol. The Morgan fingerprint density at radius 2 is 1.95 bits per heavy atom. The van der Waals surface area contributed by atoms with Crippen molar-refractivity contribution in [1.82, 2.24) is 4.90 Å². The summed E-state index contributed by atoms with van der Waals surface area (Å²) in [5, 5.41) is 0. The number of carbonyl (C=O) groups excluding carboxylic acids is 1. The molecule has 1 amide bonds. The Kier molecular flexibility index (Phi) is 3.14. The van der Waals surface area contributed by atoms with Crippen LogP contribution >= 0.6 is 0 Å². The Labute approximate surface area is 116 Å². The van der Waals surface area contributed by atoms with E-state index in [2.05, 4.69) is 0 Å². The third kappa shape index (κ3) is 2.13. The van der Waals surface area contributed by atoms with Gasteiger partial charge >= 0.3 is 0 Å². The molecule has 2 aromatic carbocycles. The molecule has 0 aliphatic carbocycles. The van der Waals surface area contributed by atoms with Crippen molar-refractivity contribution < 1.29 is 9.18 Å². The first-order valence-corrected chi connectivity index (χ1v) is 6.57. The zero-order valence-corrected chi connectivity index (χ0v) is 11.0. The maximum atomic E-state index is 13.7. The van der Waals surface area contributed by atoms with Crippen LogP contribution in [0, 0.1) is 5.82 Å². The lowest BCUT2D eigenvalue weighted by Gasteiger charge is -2.29. The highest BCUT2D eigenvalue weighted by Crippen LogP contribution is 2.25. The third-order valence-electron chi connectivity index (χ3n) is 3.70. The molecule has 0 atom stereocenters. The number of hydrogen-bond donors (Lipinski definition) is 1. The molecule has 3 nitrogen and oxygen atoms in total. The van der Waals surface area contributed by atoms with Gasteiger partial charge < -0.3 is 10.6 Å². The molecule has 3 rings (SSSR count). The fourth-order valence-corrected chi connectivity index (χ4v) is 2.59. The first-order chi connectivity index (χ1) is 9.66. The summed E-state index contributed by atoms with van der Waals surface area (Å²) in [7, 11) is 0. The minimum Gasteiger partial charge on any atom is -0.398 e. The first kappa shape index (κ1) is 12.7. The molecular weight excluding hydrogens is 255 g/mol.